The van der Waals surface area contributed by atoms with E-state index >= 15 is 0 Å². The molecule has 0 aliphatic carbocycles. The van der Waals surface area contributed by atoms with Crippen LogP contribution in [0.3, 0.4) is 0 Å². The summed E-state index contributed by atoms with van der Waals surface area (Å²) in [5, 5.41) is 9.49. The smallest absolute Gasteiger partial charge is 0.191 e. The van der Waals surface area contributed by atoms with Crippen molar-refractivity contribution in [1.82, 2.24) is 14.8 Å². The van der Waals surface area contributed by atoms with E-state index in [-0.39, 0.29) is 0 Å². The molecule has 0 aliphatic heterocycles. The van der Waals surface area contributed by atoms with Crippen molar-refractivity contribution >= 4 is 11.8 Å². The Morgan fingerprint density at radius 3 is 2.46 bits per heavy atom. The quantitative estimate of drug-likeness (QED) is 0.544. The predicted molar refractivity (Wildman–Crippen MR) is 107 cm³/mol. The van der Waals surface area contributed by atoms with E-state index in [9.17, 15) is 0 Å². The first kappa shape index (κ1) is 18.5. The topological polar surface area (TPSA) is 39.9 Å². The van der Waals surface area contributed by atoms with Gasteiger partial charge in [-0.25, -0.2) is 0 Å². The first-order chi connectivity index (χ1) is 12.5. The Morgan fingerprint density at radius 2 is 1.77 bits per heavy atom. The van der Waals surface area contributed by atoms with Gasteiger partial charge < -0.3 is 9.30 Å². The molecule has 136 valence electrons. The van der Waals surface area contributed by atoms with E-state index in [1.54, 1.807) is 11.8 Å². The zero-order valence-electron chi connectivity index (χ0n) is 15.8. The molecular weight excluding hydrogens is 342 g/mol. The number of hydrogen-bond acceptors (Lipinski definition) is 4. The number of rotatable bonds is 7. The number of ether oxygens (including phenoxy) is 1. The van der Waals surface area contributed by atoms with Gasteiger partial charge in [0.1, 0.15) is 12.4 Å². The molecule has 0 saturated carbocycles. The third-order valence-corrected chi connectivity index (χ3v) is 5.53. The largest absolute Gasteiger partial charge is 0.486 e. The lowest BCUT2D eigenvalue weighted by molar-refractivity contribution is 0.290. The van der Waals surface area contributed by atoms with Crippen molar-refractivity contribution in [2.75, 3.05) is 0 Å². The molecule has 3 aromatic rings. The molecule has 0 fully saturated rings. The van der Waals surface area contributed by atoms with Crippen molar-refractivity contribution in [2.24, 2.45) is 7.05 Å². The molecular formula is C21H25N3OS. The molecule has 1 heterocycles. The van der Waals surface area contributed by atoms with Gasteiger partial charge in [0.15, 0.2) is 11.0 Å². The van der Waals surface area contributed by atoms with Crippen LogP contribution in [0.2, 0.25) is 0 Å². The minimum Gasteiger partial charge on any atom is -0.486 e. The van der Waals surface area contributed by atoms with Gasteiger partial charge in [-0.3, -0.25) is 0 Å². The normalized spacial score (nSPS) is 11.1. The van der Waals surface area contributed by atoms with Crippen LogP contribution < -0.4 is 4.74 Å². The highest BCUT2D eigenvalue weighted by atomic mass is 32.2. The van der Waals surface area contributed by atoms with Crippen molar-refractivity contribution < 1.29 is 4.74 Å². The van der Waals surface area contributed by atoms with E-state index in [4.69, 9.17) is 4.74 Å². The molecule has 0 aliphatic rings. The Bertz CT molecular complexity index is 856. The van der Waals surface area contributed by atoms with Crippen LogP contribution in [0.15, 0.2) is 53.7 Å². The van der Waals surface area contributed by atoms with Gasteiger partial charge in [0.25, 0.3) is 0 Å². The van der Waals surface area contributed by atoms with E-state index in [1.807, 2.05) is 23.7 Å². The number of aromatic nitrogens is 3. The van der Waals surface area contributed by atoms with Crippen LogP contribution in [-0.2, 0) is 19.4 Å². The molecule has 0 spiro atoms. The Labute approximate surface area is 159 Å². The molecule has 4 nitrogen and oxygen atoms in total. The van der Waals surface area contributed by atoms with Crippen molar-refractivity contribution in [1.29, 1.82) is 0 Å². The van der Waals surface area contributed by atoms with E-state index in [0.29, 0.717) is 12.5 Å². The Kier molecular flexibility index (Phi) is 5.99. The van der Waals surface area contributed by atoms with Gasteiger partial charge in [0.05, 0.1) is 0 Å². The zero-order valence-corrected chi connectivity index (χ0v) is 16.6. The molecule has 0 N–H and O–H groups in total. The van der Waals surface area contributed by atoms with Gasteiger partial charge in [0, 0.05) is 12.8 Å². The van der Waals surface area contributed by atoms with Crippen LogP contribution in [0.5, 0.6) is 5.75 Å². The highest BCUT2D eigenvalue weighted by Crippen LogP contribution is 2.23. The molecule has 0 atom stereocenters. The summed E-state index contributed by atoms with van der Waals surface area (Å²) in [6.07, 6.45) is 0. The summed E-state index contributed by atoms with van der Waals surface area (Å²) < 4.78 is 7.88. The molecule has 0 bridgehead atoms. The van der Waals surface area contributed by atoms with Crippen molar-refractivity contribution in [3.8, 4) is 5.75 Å². The van der Waals surface area contributed by atoms with Crippen LogP contribution in [0.1, 0.15) is 42.3 Å². The first-order valence-electron chi connectivity index (χ1n) is 8.83. The number of hydrogen-bond donors (Lipinski definition) is 0. The third kappa shape index (κ3) is 4.47. The average Bonchev–Trinajstić information content (AvgIpc) is 2.99. The zero-order chi connectivity index (χ0) is 18.5. The Hall–Kier alpha value is -2.27. The maximum absolute atomic E-state index is 5.87. The van der Waals surface area contributed by atoms with Gasteiger partial charge in [-0.1, -0.05) is 62.0 Å². The summed E-state index contributed by atoms with van der Waals surface area (Å²) in [5.74, 6) is 3.09. The minimum absolute atomic E-state index is 0.412. The van der Waals surface area contributed by atoms with E-state index in [2.05, 4.69) is 67.4 Å². The molecule has 26 heavy (non-hydrogen) atoms. The SMILES string of the molecule is Cc1ccccc1CSc1nnc(COc2ccc(C(C)C)cc2)n1C. The summed E-state index contributed by atoms with van der Waals surface area (Å²) in [5.41, 5.74) is 3.94. The fraction of sp³-hybridized carbons (Fsp3) is 0.333. The van der Waals surface area contributed by atoms with Gasteiger partial charge >= 0.3 is 0 Å². The lowest BCUT2D eigenvalue weighted by Gasteiger charge is -2.09. The standard InChI is InChI=1S/C21H25N3OS/c1-15(2)17-9-11-19(12-10-17)25-13-20-22-23-21(24(20)4)26-14-18-8-6-5-7-16(18)3/h5-12,15H,13-14H2,1-4H3. The van der Waals surface area contributed by atoms with Gasteiger partial charge in [-0.15, -0.1) is 10.2 Å². The van der Waals surface area contributed by atoms with Gasteiger partial charge in [-0.2, -0.15) is 0 Å². The number of aryl methyl sites for hydroxylation is 1. The van der Waals surface area contributed by atoms with Crippen LogP contribution in [0, 0.1) is 6.92 Å². The molecule has 2 aromatic carbocycles. The average molecular weight is 368 g/mol. The summed E-state index contributed by atoms with van der Waals surface area (Å²) in [4.78, 5) is 0. The molecule has 3 rings (SSSR count). The number of nitrogens with zero attached hydrogens (tertiary/aromatic N) is 3. The second kappa shape index (κ2) is 8.41. The second-order valence-corrected chi connectivity index (χ2v) is 7.63. The highest BCUT2D eigenvalue weighted by molar-refractivity contribution is 7.98. The molecule has 0 saturated heterocycles. The number of thioether (sulfide) groups is 1. The van der Waals surface area contributed by atoms with Crippen LogP contribution >= 0.6 is 11.8 Å². The molecule has 0 unspecified atom stereocenters. The third-order valence-electron chi connectivity index (χ3n) is 4.46. The minimum atomic E-state index is 0.412. The fourth-order valence-electron chi connectivity index (χ4n) is 2.61. The predicted octanol–water partition coefficient (Wildman–Crippen LogP) is 5.12. The molecule has 0 amide bonds. The summed E-state index contributed by atoms with van der Waals surface area (Å²) >= 11 is 1.70. The molecule has 1 aromatic heterocycles. The van der Waals surface area contributed by atoms with E-state index < -0.39 is 0 Å². The monoisotopic (exact) mass is 367 g/mol. The maximum atomic E-state index is 5.87. The Balaban J connectivity index is 1.59. The van der Waals surface area contributed by atoms with Crippen molar-refractivity contribution in [3.05, 3.63) is 71.0 Å². The number of benzene rings is 2. The summed E-state index contributed by atoms with van der Waals surface area (Å²) in [6.45, 7) is 6.92. The van der Waals surface area contributed by atoms with Crippen LogP contribution in [0.25, 0.3) is 0 Å². The van der Waals surface area contributed by atoms with Crippen LogP contribution in [0.4, 0.5) is 0 Å². The summed E-state index contributed by atoms with van der Waals surface area (Å²) in [7, 11) is 1.99. The lowest BCUT2D eigenvalue weighted by atomic mass is 10.0. The molecule has 5 heteroatoms. The van der Waals surface area contributed by atoms with Gasteiger partial charge in [-0.05, 0) is 41.7 Å². The Morgan fingerprint density at radius 1 is 1.04 bits per heavy atom. The first-order valence-corrected chi connectivity index (χ1v) is 9.81. The lowest BCUT2D eigenvalue weighted by Crippen LogP contribution is -2.04. The maximum Gasteiger partial charge on any atom is 0.191 e. The van der Waals surface area contributed by atoms with E-state index in [1.165, 1.54) is 16.7 Å². The summed E-state index contributed by atoms with van der Waals surface area (Å²) in [6, 6.07) is 16.7. The fourth-order valence-corrected chi connectivity index (χ4v) is 3.61. The van der Waals surface area contributed by atoms with Crippen molar-refractivity contribution in [2.45, 2.75) is 44.2 Å². The van der Waals surface area contributed by atoms with Gasteiger partial charge in [0.2, 0.25) is 0 Å². The van der Waals surface area contributed by atoms with Crippen molar-refractivity contribution in [3.63, 3.8) is 0 Å². The molecule has 0 radical (unpaired) electrons. The second-order valence-electron chi connectivity index (χ2n) is 6.69. The highest BCUT2D eigenvalue weighted by Gasteiger charge is 2.11. The van der Waals surface area contributed by atoms with Crippen LogP contribution in [-0.4, -0.2) is 14.8 Å². The van der Waals surface area contributed by atoms with E-state index in [0.717, 1.165) is 22.5 Å².